The van der Waals surface area contributed by atoms with E-state index in [9.17, 15) is 13.2 Å². The fourth-order valence-corrected chi connectivity index (χ4v) is 4.29. The molecule has 0 radical (unpaired) electrons. The Morgan fingerprint density at radius 1 is 1.08 bits per heavy atom. The fourth-order valence-electron chi connectivity index (χ4n) is 4.29. The van der Waals surface area contributed by atoms with E-state index in [0.29, 0.717) is 17.5 Å². The molecule has 0 amide bonds. The van der Waals surface area contributed by atoms with Crippen molar-refractivity contribution in [3.8, 4) is 5.75 Å². The summed E-state index contributed by atoms with van der Waals surface area (Å²) >= 11 is 0. The summed E-state index contributed by atoms with van der Waals surface area (Å²) in [6, 6.07) is 5.94. The highest BCUT2D eigenvalue weighted by atomic mass is 19.4. The van der Waals surface area contributed by atoms with E-state index in [4.69, 9.17) is 0 Å². The smallest absolute Gasteiger partial charge is 0.406 e. The Hall–Kier alpha value is -2.24. The number of hydrogen-bond acceptors (Lipinski definition) is 3. The van der Waals surface area contributed by atoms with Gasteiger partial charge in [0.05, 0.1) is 11.9 Å². The SMILES string of the molecule is Cc1ncc(Nc2cccc(OC(F)(F)F)c2)c2c1C1CCC2CC1. The van der Waals surface area contributed by atoms with Gasteiger partial charge in [0.15, 0.2) is 0 Å². The van der Waals surface area contributed by atoms with Gasteiger partial charge in [0.1, 0.15) is 5.75 Å². The number of nitrogens with zero attached hydrogens (tertiary/aromatic N) is 1. The minimum Gasteiger partial charge on any atom is -0.406 e. The van der Waals surface area contributed by atoms with Crippen LogP contribution >= 0.6 is 0 Å². The van der Waals surface area contributed by atoms with Crippen LogP contribution in [0.4, 0.5) is 24.5 Å². The number of pyridine rings is 1. The van der Waals surface area contributed by atoms with Crippen molar-refractivity contribution in [1.29, 1.82) is 0 Å². The molecule has 0 unspecified atom stereocenters. The number of nitrogens with one attached hydrogen (secondary N) is 1. The van der Waals surface area contributed by atoms with Crippen molar-refractivity contribution in [3.63, 3.8) is 0 Å². The average molecular weight is 348 g/mol. The van der Waals surface area contributed by atoms with Crippen LogP contribution in [-0.2, 0) is 0 Å². The number of aromatic nitrogens is 1. The van der Waals surface area contributed by atoms with Crippen LogP contribution in [0, 0.1) is 6.92 Å². The molecule has 6 heteroatoms. The first-order chi connectivity index (χ1) is 11.9. The molecule has 3 aliphatic rings. The highest BCUT2D eigenvalue weighted by molar-refractivity contribution is 5.67. The molecule has 0 saturated heterocycles. The maximum absolute atomic E-state index is 12.4. The molecule has 1 saturated carbocycles. The maximum atomic E-state index is 12.4. The Labute approximate surface area is 144 Å². The second-order valence-electron chi connectivity index (χ2n) is 6.83. The summed E-state index contributed by atoms with van der Waals surface area (Å²) in [5.74, 6) is 0.848. The first-order valence-electron chi connectivity index (χ1n) is 8.53. The van der Waals surface area contributed by atoms with Crippen molar-refractivity contribution in [3.05, 3.63) is 47.3 Å². The molecule has 2 aromatic rings. The summed E-state index contributed by atoms with van der Waals surface area (Å²) in [5, 5.41) is 3.26. The number of alkyl halides is 3. The lowest BCUT2D eigenvalue weighted by atomic mass is 9.66. The summed E-state index contributed by atoms with van der Waals surface area (Å²) in [6.45, 7) is 2.04. The molecule has 0 aliphatic heterocycles. The Morgan fingerprint density at radius 3 is 2.44 bits per heavy atom. The van der Waals surface area contributed by atoms with Crippen molar-refractivity contribution >= 4 is 11.4 Å². The van der Waals surface area contributed by atoms with Gasteiger partial charge in [-0.05, 0) is 67.7 Å². The number of rotatable bonds is 3. The molecule has 1 N–H and O–H groups in total. The molecule has 5 rings (SSSR count). The zero-order valence-electron chi connectivity index (χ0n) is 13.9. The van der Waals surface area contributed by atoms with E-state index < -0.39 is 6.36 Å². The predicted molar refractivity (Wildman–Crippen MR) is 89.3 cm³/mol. The zero-order valence-corrected chi connectivity index (χ0v) is 13.9. The van der Waals surface area contributed by atoms with Gasteiger partial charge in [-0.3, -0.25) is 4.98 Å². The lowest BCUT2D eigenvalue weighted by Crippen LogP contribution is -2.24. The van der Waals surface area contributed by atoms with E-state index >= 15 is 0 Å². The molecular weight excluding hydrogens is 329 g/mol. The van der Waals surface area contributed by atoms with Crippen LogP contribution in [0.2, 0.25) is 0 Å². The van der Waals surface area contributed by atoms with Crippen LogP contribution < -0.4 is 10.1 Å². The van der Waals surface area contributed by atoms with Gasteiger partial charge in [-0.1, -0.05) is 6.07 Å². The summed E-state index contributed by atoms with van der Waals surface area (Å²) in [6.07, 6.45) is 1.87. The normalized spacial score (nSPS) is 21.8. The molecular formula is C19H19F3N2O. The lowest BCUT2D eigenvalue weighted by Gasteiger charge is -2.40. The summed E-state index contributed by atoms with van der Waals surface area (Å²) in [4.78, 5) is 4.52. The Kier molecular flexibility index (Phi) is 3.85. The Morgan fingerprint density at radius 2 is 1.76 bits per heavy atom. The van der Waals surface area contributed by atoms with Gasteiger partial charge in [-0.15, -0.1) is 13.2 Å². The van der Waals surface area contributed by atoms with Gasteiger partial charge in [0.2, 0.25) is 0 Å². The number of anilines is 2. The van der Waals surface area contributed by atoms with Crippen LogP contribution in [0.3, 0.4) is 0 Å². The third kappa shape index (κ3) is 3.17. The van der Waals surface area contributed by atoms with Crippen LogP contribution in [0.15, 0.2) is 30.5 Å². The van der Waals surface area contributed by atoms with Crippen LogP contribution in [0.5, 0.6) is 5.75 Å². The quantitative estimate of drug-likeness (QED) is 0.763. The summed E-state index contributed by atoms with van der Waals surface area (Å²) in [7, 11) is 0. The molecule has 3 nitrogen and oxygen atoms in total. The molecule has 0 atom stereocenters. The molecule has 2 bridgehead atoms. The molecule has 0 spiro atoms. The summed E-state index contributed by atoms with van der Waals surface area (Å²) < 4.78 is 41.3. The Balaban J connectivity index is 1.67. The number of halogens is 3. The predicted octanol–water partition coefficient (Wildman–Crippen LogP) is 5.79. The molecule has 1 fully saturated rings. The van der Waals surface area contributed by atoms with Crippen LogP contribution in [0.1, 0.15) is 54.3 Å². The van der Waals surface area contributed by atoms with Crippen molar-refractivity contribution in [2.75, 3.05) is 5.32 Å². The minimum absolute atomic E-state index is 0.229. The van der Waals surface area contributed by atoms with Gasteiger partial charge >= 0.3 is 6.36 Å². The zero-order chi connectivity index (χ0) is 17.6. The van der Waals surface area contributed by atoms with Crippen molar-refractivity contribution in [2.24, 2.45) is 0 Å². The highest BCUT2D eigenvalue weighted by Gasteiger charge is 2.36. The van der Waals surface area contributed by atoms with Crippen molar-refractivity contribution in [1.82, 2.24) is 4.98 Å². The van der Waals surface area contributed by atoms with E-state index in [0.717, 1.165) is 11.4 Å². The molecule has 1 aromatic heterocycles. The maximum Gasteiger partial charge on any atom is 0.573 e. The number of fused-ring (bicyclic) bond motifs is 2. The number of hydrogen-bond donors (Lipinski definition) is 1. The molecule has 1 heterocycles. The minimum atomic E-state index is -4.69. The van der Waals surface area contributed by atoms with E-state index in [1.54, 1.807) is 18.3 Å². The standard InChI is InChI=1S/C19H19F3N2O/c1-11-17-12-5-7-13(8-6-12)18(17)16(10-23-11)24-14-3-2-4-15(9-14)25-19(20,21)22/h2-4,9-10,12-13,24H,5-8H2,1H3. The largest absolute Gasteiger partial charge is 0.573 e. The first kappa shape index (κ1) is 16.2. The average Bonchev–Trinajstić information content (AvgIpc) is 2.57. The molecule has 25 heavy (non-hydrogen) atoms. The molecule has 1 aromatic carbocycles. The topological polar surface area (TPSA) is 34.2 Å². The van der Waals surface area contributed by atoms with Gasteiger partial charge in [0, 0.05) is 17.4 Å². The molecule has 3 aliphatic carbocycles. The van der Waals surface area contributed by atoms with E-state index in [2.05, 4.69) is 15.0 Å². The third-order valence-corrected chi connectivity index (χ3v) is 5.25. The van der Waals surface area contributed by atoms with E-state index in [-0.39, 0.29) is 5.75 Å². The van der Waals surface area contributed by atoms with Gasteiger partial charge < -0.3 is 10.1 Å². The van der Waals surface area contributed by atoms with E-state index in [1.165, 1.54) is 48.9 Å². The van der Waals surface area contributed by atoms with Crippen molar-refractivity contribution in [2.45, 2.75) is 50.8 Å². The van der Waals surface area contributed by atoms with E-state index in [1.807, 2.05) is 6.92 Å². The first-order valence-corrected chi connectivity index (χ1v) is 8.53. The van der Waals surface area contributed by atoms with Crippen LogP contribution in [0.25, 0.3) is 0 Å². The summed E-state index contributed by atoms with van der Waals surface area (Å²) in [5.41, 5.74) is 5.19. The van der Waals surface area contributed by atoms with Crippen molar-refractivity contribution < 1.29 is 17.9 Å². The second kappa shape index (κ2) is 5.93. The highest BCUT2D eigenvalue weighted by Crippen LogP contribution is 2.52. The second-order valence-corrected chi connectivity index (χ2v) is 6.83. The number of aryl methyl sites for hydroxylation is 1. The lowest BCUT2D eigenvalue weighted by molar-refractivity contribution is -0.274. The monoisotopic (exact) mass is 348 g/mol. The van der Waals surface area contributed by atoms with Gasteiger partial charge in [0.25, 0.3) is 0 Å². The van der Waals surface area contributed by atoms with Crippen LogP contribution in [-0.4, -0.2) is 11.3 Å². The van der Waals surface area contributed by atoms with Gasteiger partial charge in [-0.25, -0.2) is 0 Å². The third-order valence-electron chi connectivity index (χ3n) is 5.25. The van der Waals surface area contributed by atoms with Gasteiger partial charge in [-0.2, -0.15) is 0 Å². The number of benzene rings is 1. The number of ether oxygens (including phenoxy) is 1. The Bertz CT molecular complexity index is 796. The fraction of sp³-hybridized carbons (Fsp3) is 0.421. The molecule has 132 valence electrons.